The number of carbonyl (C=O) groups is 1. The van der Waals surface area contributed by atoms with Gasteiger partial charge in [-0.2, -0.15) is 0 Å². The van der Waals surface area contributed by atoms with Crippen LogP contribution in [0, 0.1) is 11.6 Å². The molecule has 1 amide bonds. The van der Waals surface area contributed by atoms with E-state index in [0.29, 0.717) is 13.1 Å². The molecule has 3 heterocycles. The van der Waals surface area contributed by atoms with Crippen LogP contribution >= 0.6 is 0 Å². The van der Waals surface area contributed by atoms with Crippen molar-refractivity contribution in [2.75, 3.05) is 13.1 Å². The number of nitrogens with zero attached hydrogens (tertiary/aromatic N) is 4. The van der Waals surface area contributed by atoms with E-state index in [1.807, 2.05) is 0 Å². The molecule has 0 aliphatic carbocycles. The minimum absolute atomic E-state index is 0.195. The Morgan fingerprint density at radius 3 is 2.65 bits per heavy atom. The van der Waals surface area contributed by atoms with Crippen LogP contribution in [0.3, 0.4) is 0 Å². The topological polar surface area (TPSA) is 51.0 Å². The maximum atomic E-state index is 13.9. The zero-order valence-electron chi connectivity index (χ0n) is 14.6. The van der Waals surface area contributed by atoms with E-state index in [9.17, 15) is 13.6 Å². The summed E-state index contributed by atoms with van der Waals surface area (Å²) in [5.74, 6) is 0.622. The molecule has 2 aliphatic heterocycles. The van der Waals surface area contributed by atoms with Gasteiger partial charge in [-0.25, -0.2) is 8.78 Å². The molecule has 0 radical (unpaired) electrons. The van der Waals surface area contributed by atoms with Crippen LogP contribution in [0.25, 0.3) is 0 Å². The summed E-state index contributed by atoms with van der Waals surface area (Å²) in [6.07, 6.45) is 6.03. The molecular weight excluding hydrogens is 338 g/mol. The highest BCUT2D eigenvalue weighted by Gasteiger charge is 2.29. The van der Waals surface area contributed by atoms with Crippen LogP contribution in [0.1, 0.15) is 60.0 Å². The number of halogens is 2. The minimum atomic E-state index is -0.679. The first kappa shape index (κ1) is 17.1. The van der Waals surface area contributed by atoms with Crippen molar-refractivity contribution in [1.82, 2.24) is 19.7 Å². The molecule has 1 aromatic carbocycles. The number of fused-ring (bicyclic) bond motifs is 1. The number of aromatic nitrogens is 3. The summed E-state index contributed by atoms with van der Waals surface area (Å²) in [6, 6.07) is 3.00. The highest BCUT2D eigenvalue weighted by molar-refractivity contribution is 5.94. The first-order valence-corrected chi connectivity index (χ1v) is 9.30. The van der Waals surface area contributed by atoms with E-state index >= 15 is 0 Å². The van der Waals surface area contributed by atoms with E-state index in [2.05, 4.69) is 14.8 Å². The Balaban J connectivity index is 1.45. The molecule has 2 aliphatic rings. The number of likely N-dealkylation sites (tertiary alicyclic amines) is 1. The van der Waals surface area contributed by atoms with Crippen LogP contribution < -0.4 is 0 Å². The van der Waals surface area contributed by atoms with Crippen LogP contribution in [0.4, 0.5) is 8.78 Å². The first-order valence-electron chi connectivity index (χ1n) is 9.30. The number of carbonyl (C=O) groups excluding carboxylic acids is 1. The lowest BCUT2D eigenvalue weighted by molar-refractivity contribution is 0.0705. The largest absolute Gasteiger partial charge is 0.339 e. The third-order valence-electron chi connectivity index (χ3n) is 5.44. The van der Waals surface area contributed by atoms with E-state index < -0.39 is 17.5 Å². The molecule has 1 saturated heterocycles. The van der Waals surface area contributed by atoms with Crippen LogP contribution in [-0.4, -0.2) is 38.7 Å². The summed E-state index contributed by atoms with van der Waals surface area (Å²) >= 11 is 0. The monoisotopic (exact) mass is 360 g/mol. The maximum absolute atomic E-state index is 13.9. The van der Waals surface area contributed by atoms with Crippen molar-refractivity contribution in [3.8, 4) is 0 Å². The maximum Gasteiger partial charge on any atom is 0.256 e. The molecule has 0 N–H and O–H groups in total. The molecule has 0 bridgehead atoms. The van der Waals surface area contributed by atoms with Crippen molar-refractivity contribution < 1.29 is 13.6 Å². The predicted molar refractivity (Wildman–Crippen MR) is 91.8 cm³/mol. The molecular formula is C19H22F2N4O. The fraction of sp³-hybridized carbons (Fsp3) is 0.526. The Hall–Kier alpha value is -2.31. The van der Waals surface area contributed by atoms with Crippen molar-refractivity contribution in [1.29, 1.82) is 0 Å². The third-order valence-corrected chi connectivity index (χ3v) is 5.44. The lowest BCUT2D eigenvalue weighted by atomic mass is 9.95. The molecule has 4 rings (SSSR count). The number of hydrogen-bond acceptors (Lipinski definition) is 3. The van der Waals surface area contributed by atoms with Gasteiger partial charge in [0.25, 0.3) is 5.91 Å². The number of rotatable bonds is 2. The quantitative estimate of drug-likeness (QED) is 0.826. The Kier molecular flexibility index (Phi) is 4.70. The highest BCUT2D eigenvalue weighted by atomic mass is 19.1. The van der Waals surface area contributed by atoms with Gasteiger partial charge in [0.2, 0.25) is 0 Å². The standard InChI is InChI=1S/C19H22F2N4O/c20-14-5-6-16(21)15(12-14)19(26)24-10-7-13(8-11-24)18-23-22-17-4-2-1-3-9-25(17)18/h5-6,12-13H,1-4,7-11H2. The fourth-order valence-electron chi connectivity index (χ4n) is 3.98. The van der Waals surface area contributed by atoms with Gasteiger partial charge in [0.15, 0.2) is 0 Å². The van der Waals surface area contributed by atoms with Gasteiger partial charge in [0.05, 0.1) is 5.56 Å². The van der Waals surface area contributed by atoms with Crippen LogP contribution in [0.2, 0.25) is 0 Å². The Bertz CT molecular complexity index is 812. The summed E-state index contributed by atoms with van der Waals surface area (Å²) in [5, 5.41) is 8.77. The van der Waals surface area contributed by atoms with Gasteiger partial charge in [0.1, 0.15) is 23.3 Å². The molecule has 0 unspecified atom stereocenters. The molecule has 26 heavy (non-hydrogen) atoms. The Morgan fingerprint density at radius 2 is 1.85 bits per heavy atom. The number of hydrogen-bond donors (Lipinski definition) is 0. The molecule has 1 aromatic heterocycles. The van der Waals surface area contributed by atoms with Gasteiger partial charge in [0, 0.05) is 32.0 Å². The summed E-state index contributed by atoms with van der Waals surface area (Å²) in [6.45, 7) is 1.99. The van der Waals surface area contributed by atoms with Gasteiger partial charge in [-0.15, -0.1) is 10.2 Å². The normalized spacial score (nSPS) is 18.5. The SMILES string of the molecule is O=C(c1cc(F)ccc1F)N1CCC(c2nnc3n2CCCCC3)CC1. The van der Waals surface area contributed by atoms with Crippen LogP contribution in [-0.2, 0) is 13.0 Å². The van der Waals surface area contributed by atoms with Crippen molar-refractivity contribution >= 4 is 5.91 Å². The van der Waals surface area contributed by atoms with Gasteiger partial charge in [-0.1, -0.05) is 6.42 Å². The average Bonchev–Trinajstić information content (AvgIpc) is 2.91. The summed E-state index contributed by atoms with van der Waals surface area (Å²) < 4.78 is 29.5. The van der Waals surface area contributed by atoms with E-state index in [4.69, 9.17) is 0 Å². The summed E-state index contributed by atoms with van der Waals surface area (Å²) in [4.78, 5) is 14.1. The van der Waals surface area contributed by atoms with E-state index in [0.717, 1.165) is 68.5 Å². The highest BCUT2D eigenvalue weighted by Crippen LogP contribution is 2.29. The molecule has 5 nitrogen and oxygen atoms in total. The average molecular weight is 360 g/mol. The second-order valence-corrected chi connectivity index (χ2v) is 7.13. The van der Waals surface area contributed by atoms with Crippen molar-refractivity contribution in [2.24, 2.45) is 0 Å². The summed E-state index contributed by atoms with van der Waals surface area (Å²) in [7, 11) is 0. The molecule has 0 saturated carbocycles. The lowest BCUT2D eigenvalue weighted by Crippen LogP contribution is -2.38. The Morgan fingerprint density at radius 1 is 1.04 bits per heavy atom. The third kappa shape index (κ3) is 3.22. The number of benzene rings is 1. The number of aryl methyl sites for hydroxylation is 1. The van der Waals surface area contributed by atoms with Crippen LogP contribution in [0.15, 0.2) is 18.2 Å². The predicted octanol–water partition coefficient (Wildman–Crippen LogP) is 3.30. The molecule has 0 atom stereocenters. The second kappa shape index (κ2) is 7.13. The number of piperidine rings is 1. The second-order valence-electron chi connectivity index (χ2n) is 7.13. The molecule has 2 aromatic rings. The van der Waals surface area contributed by atoms with E-state index in [1.54, 1.807) is 4.90 Å². The Labute approximate surface area is 151 Å². The van der Waals surface area contributed by atoms with Gasteiger partial charge in [-0.05, 0) is 43.9 Å². The molecule has 0 spiro atoms. The smallest absolute Gasteiger partial charge is 0.256 e. The minimum Gasteiger partial charge on any atom is -0.339 e. The molecule has 7 heteroatoms. The van der Waals surface area contributed by atoms with Crippen LogP contribution in [0.5, 0.6) is 0 Å². The zero-order valence-corrected chi connectivity index (χ0v) is 14.6. The molecule has 138 valence electrons. The van der Waals surface area contributed by atoms with Crippen molar-refractivity contribution in [3.63, 3.8) is 0 Å². The van der Waals surface area contributed by atoms with Gasteiger partial charge in [-0.3, -0.25) is 4.79 Å². The number of amides is 1. The van der Waals surface area contributed by atoms with E-state index in [-0.39, 0.29) is 11.5 Å². The van der Waals surface area contributed by atoms with Gasteiger partial charge < -0.3 is 9.47 Å². The first-order chi connectivity index (χ1) is 12.6. The lowest BCUT2D eigenvalue weighted by Gasteiger charge is -2.32. The van der Waals surface area contributed by atoms with Gasteiger partial charge >= 0.3 is 0 Å². The van der Waals surface area contributed by atoms with Crippen molar-refractivity contribution in [3.05, 3.63) is 47.0 Å². The van der Waals surface area contributed by atoms with Crippen molar-refractivity contribution in [2.45, 2.75) is 51.0 Å². The van der Waals surface area contributed by atoms with E-state index in [1.165, 1.54) is 6.42 Å². The zero-order chi connectivity index (χ0) is 18.1. The fourth-order valence-corrected chi connectivity index (χ4v) is 3.98. The molecule has 1 fully saturated rings. The summed E-state index contributed by atoms with van der Waals surface area (Å²) in [5.41, 5.74) is -0.195.